The average molecular weight is 316 g/mol. The van der Waals surface area contributed by atoms with Crippen LogP contribution < -0.4 is 10.0 Å². The van der Waals surface area contributed by atoms with Crippen LogP contribution in [0.3, 0.4) is 0 Å². The summed E-state index contributed by atoms with van der Waals surface area (Å²) in [5, 5.41) is 20.1. The van der Waals surface area contributed by atoms with Crippen LogP contribution in [0.25, 0.3) is 0 Å². The van der Waals surface area contributed by atoms with E-state index in [1.54, 1.807) is 0 Å². The molecule has 1 rings (SSSR count). The van der Waals surface area contributed by atoms with E-state index in [9.17, 15) is 18.0 Å². The zero-order valence-electron chi connectivity index (χ0n) is 11.2. The Morgan fingerprint density at radius 2 is 1.81 bits per heavy atom. The van der Waals surface area contributed by atoms with Crippen LogP contribution in [0.1, 0.15) is 12.5 Å². The molecule has 4 N–H and O–H groups in total. The molecule has 0 radical (unpaired) electrons. The van der Waals surface area contributed by atoms with Crippen molar-refractivity contribution in [2.75, 3.05) is 6.54 Å². The number of rotatable bonds is 7. The number of sulfonamides is 1. The molecule has 0 aliphatic rings. The van der Waals surface area contributed by atoms with E-state index < -0.39 is 28.6 Å². The van der Waals surface area contributed by atoms with E-state index in [-0.39, 0.29) is 17.3 Å². The second kappa shape index (κ2) is 7.16. The molecule has 0 bridgehead atoms. The molecule has 0 spiro atoms. The van der Waals surface area contributed by atoms with Crippen LogP contribution >= 0.6 is 0 Å². The van der Waals surface area contributed by atoms with Crippen LogP contribution in [-0.2, 0) is 26.2 Å². The fourth-order valence-corrected chi connectivity index (χ4v) is 2.41. The third-order valence-corrected chi connectivity index (χ3v) is 3.97. The Morgan fingerprint density at radius 3 is 2.29 bits per heavy atom. The zero-order chi connectivity index (χ0) is 16.0. The summed E-state index contributed by atoms with van der Waals surface area (Å²) >= 11 is 0. The molecular formula is C12H16N2O6S. The number of benzene rings is 1. The summed E-state index contributed by atoms with van der Waals surface area (Å²) in [6.45, 7) is 1.03. The Bertz CT molecular complexity index is 611. The summed E-state index contributed by atoms with van der Waals surface area (Å²) in [6.07, 6.45) is -1.81. The fraction of sp³-hybridized carbons (Fsp3) is 0.333. The maximum Gasteiger partial charge on any atom is 0.333 e. The Balaban J connectivity index is 2.71. The van der Waals surface area contributed by atoms with Gasteiger partial charge in [0.2, 0.25) is 15.9 Å². The van der Waals surface area contributed by atoms with Gasteiger partial charge in [-0.3, -0.25) is 4.79 Å². The number of amides is 1. The van der Waals surface area contributed by atoms with E-state index in [0.717, 1.165) is 5.56 Å². The Kier molecular flexibility index (Phi) is 5.82. The predicted molar refractivity (Wildman–Crippen MR) is 72.8 cm³/mol. The Morgan fingerprint density at radius 1 is 1.24 bits per heavy atom. The van der Waals surface area contributed by atoms with Gasteiger partial charge in [0.05, 0.1) is 4.90 Å². The zero-order valence-corrected chi connectivity index (χ0v) is 12.1. The van der Waals surface area contributed by atoms with Gasteiger partial charge in [0.25, 0.3) is 0 Å². The molecule has 1 aromatic carbocycles. The molecule has 1 atom stereocenters. The lowest BCUT2D eigenvalue weighted by atomic mass is 10.2. The van der Waals surface area contributed by atoms with Crippen molar-refractivity contribution in [3.05, 3.63) is 29.8 Å². The van der Waals surface area contributed by atoms with Crippen LogP contribution in [0.15, 0.2) is 29.2 Å². The van der Waals surface area contributed by atoms with Gasteiger partial charge in [0.15, 0.2) is 6.10 Å². The first kappa shape index (κ1) is 17.1. The van der Waals surface area contributed by atoms with Crippen molar-refractivity contribution in [1.82, 2.24) is 10.0 Å². The van der Waals surface area contributed by atoms with Gasteiger partial charge in [0.1, 0.15) is 0 Å². The van der Waals surface area contributed by atoms with Gasteiger partial charge in [-0.25, -0.2) is 17.9 Å². The highest BCUT2D eigenvalue weighted by Crippen LogP contribution is 2.10. The predicted octanol–water partition coefficient (Wildman–Crippen LogP) is -0.953. The van der Waals surface area contributed by atoms with Crippen molar-refractivity contribution in [2.45, 2.75) is 24.5 Å². The molecule has 116 valence electrons. The molecule has 0 aliphatic carbocycles. The van der Waals surface area contributed by atoms with E-state index in [4.69, 9.17) is 10.2 Å². The molecule has 0 aliphatic heterocycles. The molecule has 0 heterocycles. The van der Waals surface area contributed by atoms with Crippen molar-refractivity contribution in [3.8, 4) is 0 Å². The van der Waals surface area contributed by atoms with Crippen molar-refractivity contribution >= 4 is 21.9 Å². The highest BCUT2D eigenvalue weighted by molar-refractivity contribution is 7.89. The van der Waals surface area contributed by atoms with E-state index in [1.807, 2.05) is 4.72 Å². The lowest BCUT2D eigenvalue weighted by molar-refractivity contribution is -0.146. The molecule has 0 saturated carbocycles. The maximum absolute atomic E-state index is 11.9. The molecule has 8 nitrogen and oxygen atoms in total. The number of aliphatic hydroxyl groups excluding tert-OH is 1. The lowest BCUT2D eigenvalue weighted by Gasteiger charge is -2.09. The number of carbonyl (C=O) groups is 2. The Labute approximate surface area is 121 Å². The van der Waals surface area contributed by atoms with Crippen molar-refractivity contribution in [3.63, 3.8) is 0 Å². The maximum atomic E-state index is 11.9. The first-order chi connectivity index (χ1) is 9.72. The summed E-state index contributed by atoms with van der Waals surface area (Å²) in [7, 11) is -3.90. The van der Waals surface area contributed by atoms with E-state index in [2.05, 4.69) is 5.32 Å². The third-order valence-electron chi connectivity index (χ3n) is 2.53. The molecular weight excluding hydrogens is 300 g/mol. The minimum absolute atomic E-state index is 0.0633. The number of hydrogen-bond acceptors (Lipinski definition) is 5. The summed E-state index contributed by atoms with van der Waals surface area (Å²) in [6, 6.07) is 5.70. The first-order valence-electron chi connectivity index (χ1n) is 5.96. The number of carboxylic acids is 1. The second-order valence-corrected chi connectivity index (χ2v) is 6.03. The molecule has 1 amide bonds. The first-order valence-corrected chi connectivity index (χ1v) is 7.44. The molecule has 1 aromatic rings. The third kappa shape index (κ3) is 5.50. The molecule has 21 heavy (non-hydrogen) atoms. The van der Waals surface area contributed by atoms with Gasteiger partial charge in [-0.1, -0.05) is 12.1 Å². The SMILES string of the molecule is CC(=O)NCc1ccc(S(=O)(=O)NCC(O)C(=O)O)cc1. The number of nitrogens with one attached hydrogen (secondary N) is 2. The smallest absolute Gasteiger partial charge is 0.333 e. The minimum atomic E-state index is -3.90. The minimum Gasteiger partial charge on any atom is -0.479 e. The summed E-state index contributed by atoms with van der Waals surface area (Å²) in [5.74, 6) is -1.71. The summed E-state index contributed by atoms with van der Waals surface area (Å²) in [4.78, 5) is 21.1. The Hall–Kier alpha value is -1.97. The van der Waals surface area contributed by atoms with E-state index in [0.29, 0.717) is 0 Å². The fourth-order valence-electron chi connectivity index (χ4n) is 1.37. The van der Waals surface area contributed by atoms with Crippen LogP contribution in [0.5, 0.6) is 0 Å². The quantitative estimate of drug-likeness (QED) is 0.512. The lowest BCUT2D eigenvalue weighted by Crippen LogP contribution is -2.36. The topological polar surface area (TPSA) is 133 Å². The van der Waals surface area contributed by atoms with Crippen molar-refractivity contribution in [1.29, 1.82) is 0 Å². The molecule has 9 heteroatoms. The number of aliphatic carboxylic acids is 1. The van der Waals surface area contributed by atoms with Gasteiger partial charge in [-0.05, 0) is 17.7 Å². The number of aliphatic hydroxyl groups is 1. The average Bonchev–Trinajstić information content (AvgIpc) is 2.43. The van der Waals surface area contributed by atoms with Crippen LogP contribution in [0.2, 0.25) is 0 Å². The molecule has 0 saturated heterocycles. The van der Waals surface area contributed by atoms with Gasteiger partial charge < -0.3 is 15.5 Å². The molecule has 1 unspecified atom stereocenters. The van der Waals surface area contributed by atoms with Gasteiger partial charge >= 0.3 is 5.97 Å². The van der Waals surface area contributed by atoms with Crippen LogP contribution in [0.4, 0.5) is 0 Å². The van der Waals surface area contributed by atoms with Crippen LogP contribution in [0, 0.1) is 0 Å². The van der Waals surface area contributed by atoms with Gasteiger partial charge in [-0.2, -0.15) is 0 Å². The van der Waals surface area contributed by atoms with Gasteiger partial charge in [0, 0.05) is 20.0 Å². The highest BCUT2D eigenvalue weighted by Gasteiger charge is 2.19. The molecule has 0 fully saturated rings. The van der Waals surface area contributed by atoms with Gasteiger partial charge in [-0.15, -0.1) is 0 Å². The van der Waals surface area contributed by atoms with E-state index in [1.165, 1.54) is 31.2 Å². The van der Waals surface area contributed by atoms with Crippen molar-refractivity contribution in [2.24, 2.45) is 0 Å². The standard InChI is InChI=1S/C12H16N2O6S/c1-8(15)13-6-9-2-4-10(5-3-9)21(19,20)14-7-11(16)12(17)18/h2-5,11,14,16H,6-7H2,1H3,(H,13,15)(H,17,18). The van der Waals surface area contributed by atoms with Crippen molar-refractivity contribution < 1.29 is 28.2 Å². The highest BCUT2D eigenvalue weighted by atomic mass is 32.2. The number of carbonyl (C=O) groups excluding carboxylic acids is 1. The monoisotopic (exact) mass is 316 g/mol. The summed E-state index contributed by atoms with van der Waals surface area (Å²) < 4.78 is 25.7. The number of hydrogen-bond donors (Lipinski definition) is 4. The van der Waals surface area contributed by atoms with Crippen LogP contribution in [-0.4, -0.2) is 43.2 Å². The molecule has 0 aromatic heterocycles. The number of carboxylic acid groups (broad SMARTS) is 1. The summed E-state index contributed by atoms with van der Waals surface area (Å²) in [5.41, 5.74) is 0.717. The normalized spacial score (nSPS) is 12.7. The largest absolute Gasteiger partial charge is 0.479 e. The van der Waals surface area contributed by atoms with E-state index >= 15 is 0 Å². The second-order valence-electron chi connectivity index (χ2n) is 4.26.